The van der Waals surface area contributed by atoms with E-state index in [0.717, 1.165) is 18.6 Å². The summed E-state index contributed by atoms with van der Waals surface area (Å²) in [7, 11) is 0. The summed E-state index contributed by atoms with van der Waals surface area (Å²) in [4.78, 5) is 10.5. The van der Waals surface area contributed by atoms with Gasteiger partial charge in [-0.1, -0.05) is 0 Å². The highest BCUT2D eigenvalue weighted by molar-refractivity contribution is 5.89. The van der Waals surface area contributed by atoms with Crippen LogP contribution in [-0.2, 0) is 9.47 Å². The van der Waals surface area contributed by atoms with Crippen LogP contribution in [0.3, 0.4) is 0 Å². The highest BCUT2D eigenvalue weighted by Gasteiger charge is 2.24. The Bertz CT molecular complexity index is 255. The Labute approximate surface area is 88.8 Å². The highest BCUT2D eigenvalue weighted by atomic mass is 16.7. The predicted molar refractivity (Wildman–Crippen MR) is 55.3 cm³/mol. The number of hydrogen-bond donors (Lipinski definition) is 2. The van der Waals surface area contributed by atoms with E-state index in [9.17, 15) is 4.79 Å². The van der Waals surface area contributed by atoms with Crippen LogP contribution in [0.2, 0.25) is 0 Å². The molecule has 1 aliphatic heterocycles. The number of hydrogen-bond acceptors (Lipinski definition) is 4. The van der Waals surface area contributed by atoms with Crippen LogP contribution in [0.25, 0.3) is 0 Å². The number of nitrogens with two attached hydrogens (primary N) is 1. The second-order valence-corrected chi connectivity index (χ2v) is 3.28. The number of urea groups is 1. The van der Waals surface area contributed by atoms with E-state index in [1.807, 2.05) is 13.8 Å². The number of ether oxygens (including phenoxy) is 2. The van der Waals surface area contributed by atoms with Crippen molar-refractivity contribution >= 4 is 11.7 Å². The van der Waals surface area contributed by atoms with E-state index in [-0.39, 0.29) is 12.4 Å². The minimum Gasteiger partial charge on any atom is -0.353 e. The van der Waals surface area contributed by atoms with Gasteiger partial charge in [-0.15, -0.1) is 0 Å². The topological polar surface area (TPSA) is 85.9 Å². The molecule has 0 aromatic carbocycles. The second kappa shape index (κ2) is 5.67. The van der Waals surface area contributed by atoms with Gasteiger partial charge < -0.3 is 15.2 Å². The van der Waals surface area contributed by atoms with Crippen molar-refractivity contribution in [2.45, 2.75) is 39.1 Å². The lowest BCUT2D eigenvalue weighted by atomic mass is 10.1. The molecular weight excluding hydrogens is 198 g/mol. The van der Waals surface area contributed by atoms with Crippen molar-refractivity contribution in [2.75, 3.05) is 6.61 Å². The Hall–Kier alpha value is -1.14. The first-order valence-corrected chi connectivity index (χ1v) is 5.02. The van der Waals surface area contributed by atoms with Crippen LogP contribution in [0.5, 0.6) is 0 Å². The summed E-state index contributed by atoms with van der Waals surface area (Å²) in [6.07, 6.45) is 1.17. The van der Waals surface area contributed by atoms with E-state index in [2.05, 4.69) is 10.5 Å². The zero-order valence-corrected chi connectivity index (χ0v) is 9.03. The first-order chi connectivity index (χ1) is 7.13. The minimum atomic E-state index is -0.665. The fourth-order valence-corrected chi connectivity index (χ4v) is 1.43. The SMILES string of the molecule is CCOC1CC/C(=N\NC(N)=O)C(C)O1. The fraction of sp³-hybridized carbons (Fsp3) is 0.778. The van der Waals surface area contributed by atoms with Crippen molar-refractivity contribution in [2.24, 2.45) is 10.8 Å². The molecule has 1 rings (SSSR count). The van der Waals surface area contributed by atoms with Gasteiger partial charge in [-0.2, -0.15) is 5.10 Å². The van der Waals surface area contributed by atoms with E-state index in [0.29, 0.717) is 6.61 Å². The molecule has 2 atom stereocenters. The molecule has 0 aromatic heterocycles. The molecule has 2 unspecified atom stereocenters. The maximum atomic E-state index is 10.5. The zero-order chi connectivity index (χ0) is 11.3. The van der Waals surface area contributed by atoms with Crippen molar-refractivity contribution in [1.82, 2.24) is 5.43 Å². The van der Waals surface area contributed by atoms with Crippen LogP contribution in [0.15, 0.2) is 5.10 Å². The van der Waals surface area contributed by atoms with Gasteiger partial charge in [0.15, 0.2) is 6.29 Å². The molecule has 1 heterocycles. The molecule has 1 aliphatic rings. The summed E-state index contributed by atoms with van der Waals surface area (Å²) < 4.78 is 10.9. The number of nitrogens with zero attached hydrogens (tertiary/aromatic N) is 1. The summed E-state index contributed by atoms with van der Waals surface area (Å²) in [6.45, 7) is 4.42. The zero-order valence-electron chi connectivity index (χ0n) is 9.03. The highest BCUT2D eigenvalue weighted by Crippen LogP contribution is 2.17. The lowest BCUT2D eigenvalue weighted by molar-refractivity contribution is -0.160. The van der Waals surface area contributed by atoms with Crippen LogP contribution in [-0.4, -0.2) is 30.7 Å². The smallest absolute Gasteiger partial charge is 0.332 e. The average Bonchev–Trinajstić information content (AvgIpc) is 2.17. The first-order valence-electron chi connectivity index (χ1n) is 5.02. The number of carbonyl (C=O) groups is 1. The minimum absolute atomic E-state index is 0.151. The molecule has 86 valence electrons. The molecule has 0 aromatic rings. The molecule has 2 amide bonds. The lowest BCUT2D eigenvalue weighted by Gasteiger charge is -2.28. The molecule has 3 N–H and O–H groups in total. The number of amides is 2. The number of hydrazone groups is 1. The van der Waals surface area contributed by atoms with E-state index < -0.39 is 6.03 Å². The summed E-state index contributed by atoms with van der Waals surface area (Å²) in [5.74, 6) is 0. The third-order valence-corrected chi connectivity index (χ3v) is 2.12. The van der Waals surface area contributed by atoms with E-state index >= 15 is 0 Å². The molecule has 1 saturated heterocycles. The van der Waals surface area contributed by atoms with Crippen LogP contribution in [0, 0.1) is 0 Å². The Kier molecular flexibility index (Phi) is 4.51. The molecule has 0 bridgehead atoms. The number of nitrogens with one attached hydrogen (secondary N) is 1. The van der Waals surface area contributed by atoms with Gasteiger partial charge in [0.2, 0.25) is 0 Å². The Balaban J connectivity index is 2.44. The van der Waals surface area contributed by atoms with Gasteiger partial charge in [0, 0.05) is 13.0 Å². The number of carbonyl (C=O) groups excluding carboxylic acids is 1. The molecule has 6 nitrogen and oxygen atoms in total. The fourth-order valence-electron chi connectivity index (χ4n) is 1.43. The Morgan fingerprint density at radius 3 is 3.07 bits per heavy atom. The van der Waals surface area contributed by atoms with Crippen molar-refractivity contribution in [3.05, 3.63) is 0 Å². The van der Waals surface area contributed by atoms with Gasteiger partial charge in [-0.05, 0) is 20.3 Å². The van der Waals surface area contributed by atoms with Gasteiger partial charge in [-0.3, -0.25) is 0 Å². The third-order valence-electron chi connectivity index (χ3n) is 2.12. The van der Waals surface area contributed by atoms with Gasteiger partial charge >= 0.3 is 6.03 Å². The second-order valence-electron chi connectivity index (χ2n) is 3.28. The molecule has 0 saturated carbocycles. The maximum absolute atomic E-state index is 10.5. The normalized spacial score (nSPS) is 29.1. The van der Waals surface area contributed by atoms with Gasteiger partial charge in [0.05, 0.1) is 11.8 Å². The Morgan fingerprint density at radius 1 is 1.80 bits per heavy atom. The van der Waals surface area contributed by atoms with E-state index in [1.165, 1.54) is 0 Å². The van der Waals surface area contributed by atoms with E-state index in [1.54, 1.807) is 0 Å². The van der Waals surface area contributed by atoms with Crippen molar-refractivity contribution < 1.29 is 14.3 Å². The van der Waals surface area contributed by atoms with Crippen LogP contribution < -0.4 is 11.2 Å². The lowest BCUT2D eigenvalue weighted by Crippen LogP contribution is -2.37. The molecule has 6 heteroatoms. The first kappa shape index (κ1) is 11.9. The van der Waals surface area contributed by atoms with Crippen molar-refractivity contribution in [3.8, 4) is 0 Å². The molecular formula is C9H17N3O3. The summed E-state index contributed by atoms with van der Waals surface area (Å²) >= 11 is 0. The largest absolute Gasteiger partial charge is 0.353 e. The summed E-state index contributed by atoms with van der Waals surface area (Å²) in [5.41, 5.74) is 7.89. The van der Waals surface area contributed by atoms with Crippen molar-refractivity contribution in [1.29, 1.82) is 0 Å². The molecule has 15 heavy (non-hydrogen) atoms. The number of rotatable bonds is 3. The van der Waals surface area contributed by atoms with Crippen LogP contribution >= 0.6 is 0 Å². The average molecular weight is 215 g/mol. The van der Waals surface area contributed by atoms with Crippen LogP contribution in [0.1, 0.15) is 26.7 Å². The van der Waals surface area contributed by atoms with Gasteiger partial charge in [-0.25, -0.2) is 10.2 Å². The van der Waals surface area contributed by atoms with Gasteiger partial charge in [0.25, 0.3) is 0 Å². The van der Waals surface area contributed by atoms with Crippen LogP contribution in [0.4, 0.5) is 4.79 Å². The molecule has 0 spiro atoms. The molecule has 0 aliphatic carbocycles. The van der Waals surface area contributed by atoms with Gasteiger partial charge in [0.1, 0.15) is 0 Å². The molecule has 0 radical (unpaired) electrons. The predicted octanol–water partition coefficient (Wildman–Crippen LogP) is 0.572. The summed E-state index contributed by atoms with van der Waals surface area (Å²) in [6, 6.07) is -0.665. The maximum Gasteiger partial charge on any atom is 0.332 e. The molecule has 1 fully saturated rings. The number of primary amides is 1. The Morgan fingerprint density at radius 2 is 2.53 bits per heavy atom. The standard InChI is InChI=1S/C9H17N3O3/c1-3-14-8-5-4-7(6(2)15-8)11-12-9(10)13/h6,8H,3-5H2,1-2H3,(H3,10,12,13)/b11-7+. The van der Waals surface area contributed by atoms with E-state index in [4.69, 9.17) is 15.2 Å². The summed E-state index contributed by atoms with van der Waals surface area (Å²) in [5, 5.41) is 3.87. The quantitative estimate of drug-likeness (QED) is 0.675. The van der Waals surface area contributed by atoms with Crippen molar-refractivity contribution in [3.63, 3.8) is 0 Å². The monoisotopic (exact) mass is 215 g/mol. The third kappa shape index (κ3) is 3.85.